The van der Waals surface area contributed by atoms with Crippen molar-refractivity contribution in [2.45, 2.75) is 31.2 Å². The van der Waals surface area contributed by atoms with Crippen LogP contribution in [0, 0.1) is 11.7 Å². The molecule has 2 rings (SSSR count). The zero-order chi connectivity index (χ0) is 18.4. The van der Waals surface area contributed by atoms with Crippen LogP contribution in [-0.4, -0.2) is 38.9 Å². The molecule has 0 aliphatic rings. The number of nitrogens with one attached hydrogen (secondary N) is 3. The first-order valence-corrected chi connectivity index (χ1v) is 8.67. The lowest BCUT2D eigenvalue weighted by Crippen LogP contribution is -2.43. The van der Waals surface area contributed by atoms with Crippen LogP contribution in [0.4, 0.5) is 9.18 Å². The normalized spacial score (nSPS) is 12.0. The molecule has 1 aromatic heterocycles. The molecule has 0 spiro atoms. The summed E-state index contributed by atoms with van der Waals surface area (Å²) in [6, 6.07) is 5.66. The maximum absolute atomic E-state index is 13.7. The van der Waals surface area contributed by atoms with Crippen molar-refractivity contribution in [3.8, 4) is 11.4 Å². The molecule has 0 saturated heterocycles. The molecule has 1 aromatic carbocycles. The van der Waals surface area contributed by atoms with E-state index in [1.165, 1.54) is 6.07 Å². The van der Waals surface area contributed by atoms with Gasteiger partial charge in [-0.05, 0) is 25.0 Å². The fourth-order valence-corrected chi connectivity index (χ4v) is 2.56. The van der Waals surface area contributed by atoms with Crippen molar-refractivity contribution < 1.29 is 14.0 Å². The van der Waals surface area contributed by atoms with Gasteiger partial charge >= 0.3 is 6.03 Å². The second kappa shape index (κ2) is 8.61. The second-order valence-electron chi connectivity index (χ2n) is 5.80. The average Bonchev–Trinajstić information content (AvgIpc) is 3.01. The van der Waals surface area contributed by atoms with Gasteiger partial charge in [-0.15, -0.1) is 5.10 Å². The topological polar surface area (TPSA) is 99.8 Å². The van der Waals surface area contributed by atoms with Crippen LogP contribution in [0.1, 0.15) is 20.8 Å². The molecule has 2 aromatic rings. The number of hydrogen-bond donors (Lipinski definition) is 3. The Hall–Kier alpha value is -2.42. The van der Waals surface area contributed by atoms with Crippen molar-refractivity contribution in [3.05, 3.63) is 30.1 Å². The Labute approximate surface area is 149 Å². The van der Waals surface area contributed by atoms with Gasteiger partial charge in [-0.25, -0.2) is 14.2 Å². The number of halogens is 1. The van der Waals surface area contributed by atoms with Gasteiger partial charge in [-0.3, -0.25) is 15.2 Å². The molecule has 0 aliphatic heterocycles. The number of carbonyl (C=O) groups is 2. The van der Waals surface area contributed by atoms with E-state index in [0.717, 1.165) is 11.8 Å². The molecular formula is C16H20FN5O2S. The van der Waals surface area contributed by atoms with Gasteiger partial charge < -0.3 is 5.32 Å². The maximum atomic E-state index is 13.7. The fourth-order valence-electron chi connectivity index (χ4n) is 1.84. The van der Waals surface area contributed by atoms with Gasteiger partial charge in [0.2, 0.25) is 11.1 Å². The van der Waals surface area contributed by atoms with Crippen LogP contribution in [-0.2, 0) is 4.79 Å². The number of hydrogen-bond acceptors (Lipinski definition) is 5. The van der Waals surface area contributed by atoms with E-state index in [4.69, 9.17) is 0 Å². The lowest BCUT2D eigenvalue weighted by molar-refractivity contribution is -0.119. The molecule has 0 aliphatic carbocycles. The number of urea groups is 1. The minimum atomic E-state index is -0.589. The second-order valence-corrected chi connectivity index (χ2v) is 7.11. The SMILES string of the molecule is CC(C)CNC(=O)NC(=O)C(C)Sc1n[nH]c(-c2ccccc2F)n1. The molecule has 3 amide bonds. The summed E-state index contributed by atoms with van der Waals surface area (Å²) in [6.45, 7) is 6.02. The lowest BCUT2D eigenvalue weighted by atomic mass is 10.2. The van der Waals surface area contributed by atoms with Crippen LogP contribution in [0.2, 0.25) is 0 Å². The van der Waals surface area contributed by atoms with Crippen molar-refractivity contribution in [2.24, 2.45) is 5.92 Å². The highest BCUT2D eigenvalue weighted by Crippen LogP contribution is 2.24. The van der Waals surface area contributed by atoms with Crippen LogP contribution < -0.4 is 10.6 Å². The Balaban J connectivity index is 1.92. The van der Waals surface area contributed by atoms with Crippen molar-refractivity contribution in [3.63, 3.8) is 0 Å². The Kier molecular flexibility index (Phi) is 6.51. The summed E-state index contributed by atoms with van der Waals surface area (Å²) in [7, 11) is 0. The van der Waals surface area contributed by atoms with Crippen LogP contribution in [0.3, 0.4) is 0 Å². The fraction of sp³-hybridized carbons (Fsp3) is 0.375. The number of benzene rings is 1. The molecule has 0 saturated carbocycles. The summed E-state index contributed by atoms with van der Waals surface area (Å²) < 4.78 is 13.7. The number of nitrogens with zero attached hydrogens (tertiary/aromatic N) is 2. The zero-order valence-corrected chi connectivity index (χ0v) is 15.0. The van der Waals surface area contributed by atoms with Crippen molar-refractivity contribution >= 4 is 23.7 Å². The highest BCUT2D eigenvalue weighted by Gasteiger charge is 2.20. The minimum absolute atomic E-state index is 0.280. The van der Waals surface area contributed by atoms with Gasteiger partial charge in [0.15, 0.2) is 5.82 Å². The summed E-state index contributed by atoms with van der Waals surface area (Å²) in [5, 5.41) is 11.2. The largest absolute Gasteiger partial charge is 0.338 e. The molecule has 1 atom stereocenters. The first kappa shape index (κ1) is 18.9. The molecule has 0 bridgehead atoms. The molecule has 1 unspecified atom stereocenters. The van der Waals surface area contributed by atoms with E-state index < -0.39 is 23.0 Å². The molecule has 0 radical (unpaired) electrons. The number of aromatic nitrogens is 3. The van der Waals surface area contributed by atoms with E-state index in [1.807, 2.05) is 13.8 Å². The minimum Gasteiger partial charge on any atom is -0.338 e. The molecular weight excluding hydrogens is 345 g/mol. The summed E-state index contributed by atoms with van der Waals surface area (Å²) in [5.74, 6) is -0.299. The maximum Gasteiger partial charge on any atom is 0.321 e. The number of amides is 3. The van der Waals surface area contributed by atoms with E-state index in [2.05, 4.69) is 25.8 Å². The number of imide groups is 1. The van der Waals surface area contributed by atoms with E-state index in [9.17, 15) is 14.0 Å². The standard InChI is InChI=1S/C16H20FN5O2S/c1-9(2)8-18-15(24)20-14(23)10(3)25-16-19-13(21-22-16)11-6-4-5-7-12(11)17/h4-7,9-10H,8H2,1-3H3,(H,19,21,22)(H2,18,20,23,24). The van der Waals surface area contributed by atoms with Crippen molar-refractivity contribution in [2.75, 3.05) is 6.54 Å². The Morgan fingerprint density at radius 2 is 2.00 bits per heavy atom. The third kappa shape index (κ3) is 5.56. The van der Waals surface area contributed by atoms with Crippen molar-refractivity contribution in [1.82, 2.24) is 25.8 Å². The molecule has 1 heterocycles. The number of aromatic amines is 1. The molecule has 134 valence electrons. The lowest BCUT2D eigenvalue weighted by Gasteiger charge is -2.11. The number of rotatable bonds is 6. The van der Waals surface area contributed by atoms with E-state index in [0.29, 0.717) is 17.3 Å². The average molecular weight is 365 g/mol. The monoisotopic (exact) mass is 365 g/mol. The highest BCUT2D eigenvalue weighted by molar-refractivity contribution is 8.00. The van der Waals surface area contributed by atoms with E-state index in [1.54, 1.807) is 25.1 Å². The summed E-state index contributed by atoms with van der Waals surface area (Å²) in [5.41, 5.74) is 0.298. The smallest absolute Gasteiger partial charge is 0.321 e. The first-order valence-electron chi connectivity index (χ1n) is 7.79. The highest BCUT2D eigenvalue weighted by atomic mass is 32.2. The first-order chi connectivity index (χ1) is 11.9. The van der Waals surface area contributed by atoms with Gasteiger partial charge in [-0.2, -0.15) is 0 Å². The van der Waals surface area contributed by atoms with E-state index >= 15 is 0 Å². The Morgan fingerprint density at radius 1 is 1.28 bits per heavy atom. The van der Waals surface area contributed by atoms with Gasteiger partial charge in [0.05, 0.1) is 10.8 Å². The van der Waals surface area contributed by atoms with Gasteiger partial charge in [0, 0.05) is 6.54 Å². The molecule has 7 nitrogen and oxygen atoms in total. The van der Waals surface area contributed by atoms with Crippen LogP contribution in [0.25, 0.3) is 11.4 Å². The molecule has 3 N–H and O–H groups in total. The zero-order valence-electron chi connectivity index (χ0n) is 14.2. The predicted octanol–water partition coefficient (Wildman–Crippen LogP) is 2.57. The molecule has 25 heavy (non-hydrogen) atoms. The van der Waals surface area contributed by atoms with Gasteiger partial charge in [-0.1, -0.05) is 37.7 Å². The number of H-pyrrole nitrogens is 1. The van der Waals surface area contributed by atoms with Crippen LogP contribution in [0.5, 0.6) is 0 Å². The molecule has 9 heteroatoms. The predicted molar refractivity (Wildman–Crippen MR) is 93.5 cm³/mol. The van der Waals surface area contributed by atoms with Crippen LogP contribution >= 0.6 is 11.8 Å². The summed E-state index contributed by atoms with van der Waals surface area (Å²) >= 11 is 1.07. The van der Waals surface area contributed by atoms with Crippen molar-refractivity contribution in [1.29, 1.82) is 0 Å². The van der Waals surface area contributed by atoms with Gasteiger partial charge in [0.1, 0.15) is 5.82 Å². The molecule has 0 fully saturated rings. The number of carbonyl (C=O) groups excluding carboxylic acids is 2. The Bertz CT molecular complexity index is 750. The quantitative estimate of drug-likeness (QED) is 0.683. The summed E-state index contributed by atoms with van der Waals surface area (Å²) in [6.07, 6.45) is 0. The third-order valence-electron chi connectivity index (χ3n) is 3.15. The van der Waals surface area contributed by atoms with E-state index in [-0.39, 0.29) is 11.7 Å². The third-order valence-corrected chi connectivity index (χ3v) is 4.11. The van der Waals surface area contributed by atoms with Crippen LogP contribution in [0.15, 0.2) is 29.4 Å². The van der Waals surface area contributed by atoms with Gasteiger partial charge in [0.25, 0.3) is 0 Å². The number of thioether (sulfide) groups is 1. The summed E-state index contributed by atoms with van der Waals surface area (Å²) in [4.78, 5) is 27.8. The Morgan fingerprint density at radius 3 is 2.68 bits per heavy atom.